The van der Waals surface area contributed by atoms with Crippen molar-refractivity contribution in [2.45, 2.75) is 19.9 Å². The SMILES string of the molecule is CC(=O)SCCCn1cc(C2=C(c3cn(C)c4ccccc34)C(=O)NC2=O)c2ccccc21. The van der Waals surface area contributed by atoms with E-state index in [9.17, 15) is 14.4 Å². The summed E-state index contributed by atoms with van der Waals surface area (Å²) in [5, 5.41) is 4.48. The maximum Gasteiger partial charge on any atom is 0.259 e. The summed E-state index contributed by atoms with van der Waals surface area (Å²) in [6, 6.07) is 15.8. The summed E-state index contributed by atoms with van der Waals surface area (Å²) in [4.78, 5) is 37.3. The van der Waals surface area contributed by atoms with Gasteiger partial charge in [0.15, 0.2) is 5.12 Å². The Hall–Kier alpha value is -3.58. The Balaban J connectivity index is 1.67. The highest BCUT2D eigenvalue weighted by Gasteiger charge is 2.35. The van der Waals surface area contributed by atoms with Gasteiger partial charge in [-0.25, -0.2) is 0 Å². The van der Waals surface area contributed by atoms with Gasteiger partial charge in [-0.2, -0.15) is 0 Å². The number of carbonyl (C=O) groups excluding carboxylic acids is 3. The van der Waals surface area contributed by atoms with Gasteiger partial charge in [-0.1, -0.05) is 48.2 Å². The number of carbonyl (C=O) groups is 3. The van der Waals surface area contributed by atoms with Crippen LogP contribution in [-0.2, 0) is 28.0 Å². The first-order valence-corrected chi connectivity index (χ1v) is 11.8. The van der Waals surface area contributed by atoms with Crippen LogP contribution in [-0.4, -0.2) is 31.8 Å². The van der Waals surface area contributed by atoms with Gasteiger partial charge in [-0.05, 0) is 18.6 Å². The average Bonchev–Trinajstić information content (AvgIpc) is 3.42. The third-order valence-corrected chi connectivity index (χ3v) is 6.90. The smallest absolute Gasteiger partial charge is 0.259 e. The molecule has 33 heavy (non-hydrogen) atoms. The lowest BCUT2D eigenvalue weighted by Gasteiger charge is -2.04. The number of aryl methyl sites for hydroxylation is 2. The van der Waals surface area contributed by atoms with Crippen LogP contribution in [0.25, 0.3) is 33.0 Å². The van der Waals surface area contributed by atoms with E-state index >= 15 is 0 Å². The number of benzene rings is 2. The number of rotatable bonds is 6. The van der Waals surface area contributed by atoms with Crippen LogP contribution in [0.1, 0.15) is 24.5 Å². The number of nitrogens with zero attached hydrogens (tertiary/aromatic N) is 2. The summed E-state index contributed by atoms with van der Waals surface area (Å²) in [6.45, 7) is 2.29. The third kappa shape index (κ3) is 3.68. The fourth-order valence-corrected chi connectivity index (χ4v) is 5.15. The predicted octanol–water partition coefficient (Wildman–Crippen LogP) is 4.37. The monoisotopic (exact) mass is 457 g/mol. The van der Waals surface area contributed by atoms with Gasteiger partial charge in [-0.15, -0.1) is 0 Å². The first-order valence-electron chi connectivity index (χ1n) is 10.8. The van der Waals surface area contributed by atoms with Crippen LogP contribution < -0.4 is 5.32 Å². The molecule has 0 bridgehead atoms. The molecule has 1 aliphatic rings. The fourth-order valence-electron chi connectivity index (χ4n) is 4.59. The summed E-state index contributed by atoms with van der Waals surface area (Å²) >= 11 is 1.32. The molecule has 7 heteroatoms. The summed E-state index contributed by atoms with van der Waals surface area (Å²) in [7, 11) is 1.94. The Morgan fingerprint density at radius 2 is 1.45 bits per heavy atom. The van der Waals surface area contributed by atoms with E-state index in [1.54, 1.807) is 6.92 Å². The van der Waals surface area contributed by atoms with Crippen LogP contribution in [0.4, 0.5) is 0 Å². The van der Waals surface area contributed by atoms with E-state index in [4.69, 9.17) is 0 Å². The van der Waals surface area contributed by atoms with Crippen LogP contribution in [0.15, 0.2) is 60.9 Å². The zero-order valence-electron chi connectivity index (χ0n) is 18.4. The Morgan fingerprint density at radius 1 is 0.879 bits per heavy atom. The maximum atomic E-state index is 13.1. The Bertz CT molecular complexity index is 1470. The zero-order chi connectivity index (χ0) is 23.1. The van der Waals surface area contributed by atoms with Gasteiger partial charge in [0.1, 0.15) is 0 Å². The van der Waals surface area contributed by atoms with Crippen molar-refractivity contribution < 1.29 is 14.4 Å². The molecule has 1 aliphatic heterocycles. The number of imide groups is 1. The molecule has 2 aromatic heterocycles. The second-order valence-electron chi connectivity index (χ2n) is 8.15. The molecule has 2 amide bonds. The normalized spacial score (nSPS) is 14.0. The van der Waals surface area contributed by atoms with Gasteiger partial charge < -0.3 is 9.13 Å². The minimum absolute atomic E-state index is 0.110. The number of thioether (sulfide) groups is 1. The molecule has 5 rings (SSSR count). The van der Waals surface area contributed by atoms with Crippen molar-refractivity contribution >= 4 is 61.6 Å². The summed E-state index contributed by atoms with van der Waals surface area (Å²) in [6.07, 6.45) is 4.70. The van der Waals surface area contributed by atoms with E-state index in [0.29, 0.717) is 17.7 Å². The van der Waals surface area contributed by atoms with Crippen molar-refractivity contribution in [2.24, 2.45) is 7.05 Å². The van der Waals surface area contributed by atoms with Crippen molar-refractivity contribution in [1.29, 1.82) is 0 Å². The third-order valence-electron chi connectivity index (χ3n) is 6.00. The minimum Gasteiger partial charge on any atom is -0.350 e. The van der Waals surface area contributed by atoms with E-state index in [1.807, 2.05) is 72.5 Å². The molecular weight excluding hydrogens is 434 g/mol. The lowest BCUT2D eigenvalue weighted by atomic mass is 9.95. The van der Waals surface area contributed by atoms with Crippen LogP contribution >= 0.6 is 11.8 Å². The number of amides is 2. The molecule has 6 nitrogen and oxygen atoms in total. The largest absolute Gasteiger partial charge is 0.350 e. The van der Waals surface area contributed by atoms with Gasteiger partial charge in [0.25, 0.3) is 11.8 Å². The second-order valence-corrected chi connectivity index (χ2v) is 9.42. The molecule has 2 aromatic carbocycles. The molecule has 0 saturated carbocycles. The quantitative estimate of drug-likeness (QED) is 0.345. The molecule has 3 heterocycles. The van der Waals surface area contributed by atoms with Crippen LogP contribution in [0.3, 0.4) is 0 Å². The molecule has 0 radical (unpaired) electrons. The average molecular weight is 458 g/mol. The van der Waals surface area contributed by atoms with Crippen molar-refractivity contribution in [1.82, 2.24) is 14.5 Å². The van der Waals surface area contributed by atoms with E-state index in [2.05, 4.69) is 9.88 Å². The lowest BCUT2D eigenvalue weighted by Crippen LogP contribution is -2.22. The highest BCUT2D eigenvalue weighted by molar-refractivity contribution is 8.13. The second kappa shape index (κ2) is 8.41. The molecule has 4 aromatic rings. The van der Waals surface area contributed by atoms with Gasteiger partial charge in [0.05, 0.1) is 11.1 Å². The van der Waals surface area contributed by atoms with Crippen molar-refractivity contribution in [3.05, 3.63) is 72.1 Å². The van der Waals surface area contributed by atoms with Crippen LogP contribution in [0.2, 0.25) is 0 Å². The molecule has 0 saturated heterocycles. The van der Waals surface area contributed by atoms with E-state index < -0.39 is 0 Å². The van der Waals surface area contributed by atoms with Crippen LogP contribution in [0, 0.1) is 0 Å². The summed E-state index contributed by atoms with van der Waals surface area (Å²) in [5.74, 6) is -0.0147. The number of nitrogens with one attached hydrogen (secondary N) is 1. The van der Waals surface area contributed by atoms with Gasteiger partial charge in [0.2, 0.25) is 0 Å². The van der Waals surface area contributed by atoms with E-state index in [0.717, 1.165) is 45.1 Å². The molecule has 0 atom stereocenters. The fraction of sp³-hybridized carbons (Fsp3) is 0.192. The Morgan fingerprint density at radius 3 is 2.12 bits per heavy atom. The van der Waals surface area contributed by atoms with E-state index in [1.165, 1.54) is 11.8 Å². The predicted molar refractivity (Wildman–Crippen MR) is 133 cm³/mol. The molecule has 0 aliphatic carbocycles. The molecular formula is C26H23N3O3S. The van der Waals surface area contributed by atoms with Crippen molar-refractivity contribution in [3.8, 4) is 0 Å². The summed E-state index contributed by atoms with van der Waals surface area (Å²) < 4.78 is 4.08. The van der Waals surface area contributed by atoms with Crippen LogP contribution in [0.5, 0.6) is 0 Å². The van der Waals surface area contributed by atoms with Gasteiger partial charge >= 0.3 is 0 Å². The van der Waals surface area contributed by atoms with E-state index in [-0.39, 0.29) is 16.9 Å². The topological polar surface area (TPSA) is 73.1 Å². The number of hydrogen-bond acceptors (Lipinski definition) is 4. The number of aromatic nitrogens is 2. The number of fused-ring (bicyclic) bond motifs is 2. The first-order chi connectivity index (χ1) is 16.0. The molecule has 166 valence electrons. The standard InChI is InChI=1S/C26H23N3O3S/c1-16(30)33-13-7-12-29-15-20(18-9-4-6-11-22(18)29)24-23(25(31)27-26(24)32)19-14-28(2)21-10-5-3-8-17(19)21/h3-6,8-11,14-15H,7,12-13H2,1-2H3,(H,27,31,32). The highest BCUT2D eigenvalue weighted by atomic mass is 32.2. The summed E-state index contributed by atoms with van der Waals surface area (Å²) in [5.41, 5.74) is 4.31. The van der Waals surface area contributed by atoms with Gasteiger partial charge in [0, 0.05) is 71.6 Å². The van der Waals surface area contributed by atoms with Crippen molar-refractivity contribution in [3.63, 3.8) is 0 Å². The van der Waals surface area contributed by atoms with Crippen molar-refractivity contribution in [2.75, 3.05) is 5.75 Å². The zero-order valence-corrected chi connectivity index (χ0v) is 19.2. The Kier molecular flexibility index (Phi) is 5.42. The molecule has 0 fully saturated rings. The minimum atomic E-state index is -0.377. The highest BCUT2D eigenvalue weighted by Crippen LogP contribution is 2.38. The number of hydrogen-bond donors (Lipinski definition) is 1. The molecule has 0 spiro atoms. The number of para-hydroxylation sites is 2. The molecule has 0 unspecified atom stereocenters. The Labute approximate surface area is 195 Å². The molecule has 1 N–H and O–H groups in total. The van der Waals surface area contributed by atoms with Gasteiger partial charge in [-0.3, -0.25) is 19.7 Å². The maximum absolute atomic E-state index is 13.1. The lowest BCUT2D eigenvalue weighted by molar-refractivity contribution is -0.122. The first kappa shape index (κ1) is 21.3.